The summed E-state index contributed by atoms with van der Waals surface area (Å²) in [5, 5.41) is 10.2. The number of aliphatic hydroxyl groups is 1. The molecule has 1 aromatic rings. The maximum atomic E-state index is 10.2. The van der Waals surface area contributed by atoms with Gasteiger partial charge in [-0.1, -0.05) is 13.3 Å². The van der Waals surface area contributed by atoms with E-state index in [0.29, 0.717) is 5.92 Å². The Balaban J connectivity index is 2.20. The zero-order valence-corrected chi connectivity index (χ0v) is 9.73. The zero-order valence-electron chi connectivity index (χ0n) is 8.92. The average molecular weight is 210 g/mol. The van der Waals surface area contributed by atoms with Crippen LogP contribution < -0.4 is 0 Å². The molecule has 0 saturated heterocycles. The van der Waals surface area contributed by atoms with Crippen molar-refractivity contribution in [1.82, 2.24) is 0 Å². The molecule has 2 heteroatoms. The third-order valence-corrected chi connectivity index (χ3v) is 4.37. The normalized spacial score (nSPS) is 19.4. The smallest absolute Gasteiger partial charge is 0.0912 e. The summed E-state index contributed by atoms with van der Waals surface area (Å²) in [6.07, 6.45) is 4.58. The number of aliphatic hydroxyl groups excluding tert-OH is 1. The second-order valence-corrected chi connectivity index (χ2v) is 5.52. The predicted molar refractivity (Wildman–Crippen MR) is 60.7 cm³/mol. The molecule has 2 rings (SSSR count). The van der Waals surface area contributed by atoms with E-state index in [9.17, 15) is 5.11 Å². The third kappa shape index (κ3) is 1.73. The van der Waals surface area contributed by atoms with Crippen LogP contribution in [0.4, 0.5) is 0 Å². The molecule has 1 heterocycles. The summed E-state index contributed by atoms with van der Waals surface area (Å²) >= 11 is 1.77. The summed E-state index contributed by atoms with van der Waals surface area (Å²) in [5.74, 6) is 0.540. The third-order valence-electron chi connectivity index (χ3n) is 3.21. The lowest BCUT2D eigenvalue weighted by Crippen LogP contribution is -2.19. The van der Waals surface area contributed by atoms with Gasteiger partial charge in [-0.25, -0.2) is 0 Å². The molecule has 0 spiro atoms. The van der Waals surface area contributed by atoms with Crippen LogP contribution in [-0.2, 0) is 6.42 Å². The first-order chi connectivity index (χ1) is 6.72. The van der Waals surface area contributed by atoms with Gasteiger partial charge in [0.25, 0.3) is 0 Å². The maximum Gasteiger partial charge on any atom is 0.0912 e. The van der Waals surface area contributed by atoms with Crippen molar-refractivity contribution in [1.29, 1.82) is 0 Å². The van der Waals surface area contributed by atoms with Crippen LogP contribution in [0.3, 0.4) is 0 Å². The highest BCUT2D eigenvalue weighted by Gasteiger charge is 2.29. The van der Waals surface area contributed by atoms with E-state index in [1.54, 1.807) is 11.3 Å². The Bertz CT molecular complexity index is 312. The van der Waals surface area contributed by atoms with E-state index in [0.717, 1.165) is 6.42 Å². The van der Waals surface area contributed by atoms with Crippen molar-refractivity contribution in [3.05, 3.63) is 21.4 Å². The first kappa shape index (κ1) is 10.2. The molecule has 1 nitrogen and oxygen atoms in total. The lowest BCUT2D eigenvalue weighted by molar-refractivity contribution is 0.0643. The molecule has 0 radical (unpaired) electrons. The molecule has 1 aliphatic rings. The fourth-order valence-corrected chi connectivity index (χ4v) is 3.28. The van der Waals surface area contributed by atoms with Crippen LogP contribution in [0.15, 0.2) is 6.07 Å². The van der Waals surface area contributed by atoms with Gasteiger partial charge in [0.05, 0.1) is 6.10 Å². The van der Waals surface area contributed by atoms with Gasteiger partial charge in [0.2, 0.25) is 0 Å². The Morgan fingerprint density at radius 3 is 2.79 bits per heavy atom. The van der Waals surface area contributed by atoms with Crippen molar-refractivity contribution in [3.8, 4) is 0 Å². The highest BCUT2D eigenvalue weighted by Crippen LogP contribution is 2.41. The monoisotopic (exact) mass is 210 g/mol. The van der Waals surface area contributed by atoms with Crippen LogP contribution in [0.2, 0.25) is 0 Å². The Morgan fingerprint density at radius 2 is 2.29 bits per heavy atom. The van der Waals surface area contributed by atoms with Gasteiger partial charge < -0.3 is 5.11 Å². The van der Waals surface area contributed by atoms with Gasteiger partial charge in [-0.15, -0.1) is 11.3 Å². The molecule has 1 N–H and O–H groups in total. The average Bonchev–Trinajstić information content (AvgIpc) is 2.43. The van der Waals surface area contributed by atoms with Crippen molar-refractivity contribution >= 4 is 11.3 Å². The van der Waals surface area contributed by atoms with E-state index >= 15 is 0 Å². The first-order valence-corrected chi connectivity index (χ1v) is 6.31. The Labute approximate surface area is 89.8 Å². The van der Waals surface area contributed by atoms with Gasteiger partial charge in [-0.3, -0.25) is 0 Å². The molecular formula is C12H18OS. The van der Waals surface area contributed by atoms with E-state index in [4.69, 9.17) is 0 Å². The van der Waals surface area contributed by atoms with Crippen molar-refractivity contribution in [2.75, 3.05) is 0 Å². The topological polar surface area (TPSA) is 20.2 Å². The predicted octanol–water partition coefficient (Wildman–Crippen LogP) is 3.45. The molecule has 0 aromatic carbocycles. The Hall–Kier alpha value is -0.340. The molecule has 1 saturated carbocycles. The van der Waals surface area contributed by atoms with Crippen molar-refractivity contribution in [2.45, 2.75) is 45.6 Å². The summed E-state index contributed by atoms with van der Waals surface area (Å²) in [5.41, 5.74) is 1.35. The molecule has 0 amide bonds. The van der Waals surface area contributed by atoms with E-state index in [2.05, 4.69) is 19.9 Å². The fraction of sp³-hybridized carbons (Fsp3) is 0.667. The molecule has 1 aliphatic carbocycles. The number of hydrogen-bond acceptors (Lipinski definition) is 2. The van der Waals surface area contributed by atoms with Crippen LogP contribution in [0.1, 0.15) is 47.6 Å². The fourth-order valence-electron chi connectivity index (χ4n) is 2.08. The summed E-state index contributed by atoms with van der Waals surface area (Å²) in [4.78, 5) is 2.56. The largest absolute Gasteiger partial charge is 0.387 e. The van der Waals surface area contributed by atoms with Gasteiger partial charge in [0.15, 0.2) is 0 Å². The van der Waals surface area contributed by atoms with Gasteiger partial charge in [-0.05, 0) is 43.7 Å². The summed E-state index contributed by atoms with van der Waals surface area (Å²) in [7, 11) is 0. The molecule has 14 heavy (non-hydrogen) atoms. The summed E-state index contributed by atoms with van der Waals surface area (Å²) in [6, 6.07) is 2.22. The lowest BCUT2D eigenvalue weighted by atomic mass is 9.80. The van der Waals surface area contributed by atoms with Crippen molar-refractivity contribution in [2.24, 2.45) is 5.92 Å². The molecular weight excluding hydrogens is 192 g/mol. The molecule has 0 bridgehead atoms. The minimum absolute atomic E-state index is 0.183. The Morgan fingerprint density at radius 1 is 1.57 bits per heavy atom. The SMILES string of the molecule is CCc1cc(C)sc1C(O)C1CCC1. The van der Waals surface area contributed by atoms with E-state index in [1.807, 2.05) is 0 Å². The number of aryl methyl sites for hydroxylation is 2. The molecule has 1 aromatic heterocycles. The maximum absolute atomic E-state index is 10.2. The molecule has 1 atom stereocenters. The van der Waals surface area contributed by atoms with Crippen LogP contribution in [-0.4, -0.2) is 5.11 Å². The van der Waals surface area contributed by atoms with Crippen LogP contribution in [0.25, 0.3) is 0 Å². The highest BCUT2D eigenvalue weighted by atomic mass is 32.1. The number of thiophene rings is 1. The number of rotatable bonds is 3. The van der Waals surface area contributed by atoms with Crippen LogP contribution in [0.5, 0.6) is 0 Å². The van der Waals surface area contributed by atoms with Gasteiger partial charge >= 0.3 is 0 Å². The van der Waals surface area contributed by atoms with Crippen LogP contribution >= 0.6 is 11.3 Å². The first-order valence-electron chi connectivity index (χ1n) is 5.49. The van der Waals surface area contributed by atoms with Gasteiger partial charge in [0.1, 0.15) is 0 Å². The van der Waals surface area contributed by atoms with Gasteiger partial charge in [-0.2, -0.15) is 0 Å². The van der Waals surface area contributed by atoms with Gasteiger partial charge in [0, 0.05) is 9.75 Å². The standard InChI is InChI=1S/C12H18OS/c1-3-9-7-8(2)14-12(9)11(13)10-5-4-6-10/h7,10-11,13H,3-6H2,1-2H3. The second kappa shape index (κ2) is 4.03. The molecule has 1 fully saturated rings. The Kier molecular flexibility index (Phi) is 2.93. The molecule has 78 valence electrons. The van der Waals surface area contributed by atoms with Crippen molar-refractivity contribution in [3.63, 3.8) is 0 Å². The summed E-state index contributed by atoms with van der Waals surface area (Å²) < 4.78 is 0. The second-order valence-electron chi connectivity index (χ2n) is 4.24. The zero-order chi connectivity index (χ0) is 10.1. The highest BCUT2D eigenvalue weighted by molar-refractivity contribution is 7.12. The van der Waals surface area contributed by atoms with E-state index in [1.165, 1.54) is 34.6 Å². The quantitative estimate of drug-likeness (QED) is 0.810. The number of hydrogen-bond donors (Lipinski definition) is 1. The minimum Gasteiger partial charge on any atom is -0.387 e. The van der Waals surface area contributed by atoms with E-state index < -0.39 is 0 Å². The van der Waals surface area contributed by atoms with E-state index in [-0.39, 0.29) is 6.10 Å². The minimum atomic E-state index is -0.183. The molecule has 1 unspecified atom stereocenters. The van der Waals surface area contributed by atoms with Crippen molar-refractivity contribution < 1.29 is 5.11 Å². The van der Waals surface area contributed by atoms with Crippen LogP contribution in [0, 0.1) is 12.8 Å². The lowest BCUT2D eigenvalue weighted by Gasteiger charge is -2.30. The molecule has 0 aliphatic heterocycles. The summed E-state index contributed by atoms with van der Waals surface area (Å²) in [6.45, 7) is 4.29.